The number of ether oxygens (including phenoxy) is 1. The minimum Gasteiger partial charge on any atom is -0.466 e. The van der Waals surface area contributed by atoms with E-state index in [-0.39, 0.29) is 48.6 Å². The van der Waals surface area contributed by atoms with Crippen molar-refractivity contribution < 1.29 is 41.4 Å². The maximum absolute atomic E-state index is 16.7. The molecular weight excluding hydrogens is 661 g/mol. The topological polar surface area (TPSA) is 101 Å². The number of hydrogen-bond donors (Lipinski definition) is 2. The molecule has 0 fully saturated rings. The van der Waals surface area contributed by atoms with Crippen molar-refractivity contribution in [2.24, 2.45) is 5.92 Å². The molecule has 3 aromatic rings. The lowest BCUT2D eigenvalue weighted by atomic mass is 9.87. The molecule has 0 saturated carbocycles. The van der Waals surface area contributed by atoms with E-state index in [4.69, 9.17) is 4.74 Å². The van der Waals surface area contributed by atoms with Crippen molar-refractivity contribution in [3.8, 4) is 11.1 Å². The van der Waals surface area contributed by atoms with Crippen molar-refractivity contribution in [1.29, 1.82) is 0 Å². The molecule has 0 spiro atoms. The van der Waals surface area contributed by atoms with Crippen LogP contribution >= 0.6 is 0 Å². The predicted molar refractivity (Wildman–Crippen MR) is 180 cm³/mol. The number of likely N-dealkylation sites (N-methyl/N-ethyl adjacent to an activating group) is 1. The molecule has 2 N–H and O–H groups in total. The second kappa shape index (κ2) is 15.8. The number of amides is 1. The largest absolute Gasteiger partial charge is 0.466 e. The third-order valence-corrected chi connectivity index (χ3v) is 8.41. The summed E-state index contributed by atoms with van der Waals surface area (Å²) in [5, 5.41) is 14.3. The summed E-state index contributed by atoms with van der Waals surface area (Å²) in [6.07, 6.45) is -5.27. The molecule has 0 aliphatic rings. The Kier molecular flexibility index (Phi) is 12.8. The average molecular weight is 708 g/mol. The first-order valence-corrected chi connectivity index (χ1v) is 16.4. The van der Waals surface area contributed by atoms with Crippen LogP contribution in [0.3, 0.4) is 0 Å². The van der Waals surface area contributed by atoms with Crippen LogP contribution in [-0.4, -0.2) is 53.7 Å². The van der Waals surface area contributed by atoms with E-state index in [2.05, 4.69) is 5.32 Å². The molecule has 0 radical (unpaired) electrons. The number of esters is 1. The van der Waals surface area contributed by atoms with Gasteiger partial charge in [-0.25, -0.2) is 8.78 Å². The van der Waals surface area contributed by atoms with Crippen LogP contribution in [0.15, 0.2) is 35.3 Å². The van der Waals surface area contributed by atoms with E-state index in [0.717, 1.165) is 16.3 Å². The van der Waals surface area contributed by atoms with Crippen LogP contribution in [0, 0.1) is 45.2 Å². The van der Waals surface area contributed by atoms with Gasteiger partial charge >= 0.3 is 12.1 Å². The normalized spacial score (nSPS) is 13.8. The number of pyridine rings is 1. The summed E-state index contributed by atoms with van der Waals surface area (Å²) in [7, 11) is 3.33. The highest BCUT2D eigenvalue weighted by Crippen LogP contribution is 2.39. The van der Waals surface area contributed by atoms with Crippen molar-refractivity contribution in [2.45, 2.75) is 85.7 Å². The Morgan fingerprint density at radius 3 is 2.10 bits per heavy atom. The van der Waals surface area contributed by atoms with Crippen molar-refractivity contribution in [2.75, 3.05) is 27.2 Å². The number of hydrogen-bond acceptors (Lipinski definition) is 6. The first-order chi connectivity index (χ1) is 23.1. The Balaban J connectivity index is 2.29. The minimum absolute atomic E-state index is 0.0892. The molecule has 50 heavy (non-hydrogen) atoms. The number of alkyl halides is 3. The second-order valence-electron chi connectivity index (χ2n) is 13.5. The molecule has 1 unspecified atom stereocenters. The fourth-order valence-corrected chi connectivity index (χ4v) is 6.26. The van der Waals surface area contributed by atoms with Crippen molar-refractivity contribution in [3.05, 3.63) is 91.4 Å². The highest BCUT2D eigenvalue weighted by atomic mass is 19.4. The van der Waals surface area contributed by atoms with Crippen molar-refractivity contribution in [3.63, 3.8) is 0 Å². The number of benzene rings is 2. The summed E-state index contributed by atoms with van der Waals surface area (Å²) in [5.41, 5.74) is -4.20. The Hall–Kier alpha value is -4.10. The number of aromatic nitrogens is 1. The van der Waals surface area contributed by atoms with Gasteiger partial charge in [-0.15, -0.1) is 0 Å². The number of aryl methyl sites for hydroxylation is 4. The zero-order valence-corrected chi connectivity index (χ0v) is 29.9. The first-order valence-electron chi connectivity index (χ1n) is 16.4. The molecule has 0 bridgehead atoms. The lowest BCUT2D eigenvalue weighted by Gasteiger charge is -2.33. The Bertz CT molecular complexity index is 1780. The number of aliphatic hydroxyl groups is 1. The van der Waals surface area contributed by atoms with Gasteiger partial charge in [0.2, 0.25) is 5.91 Å². The molecule has 1 amide bonds. The van der Waals surface area contributed by atoms with Gasteiger partial charge in [-0.2, -0.15) is 13.2 Å². The van der Waals surface area contributed by atoms with Gasteiger partial charge in [-0.05, 0) is 101 Å². The van der Waals surface area contributed by atoms with E-state index in [0.29, 0.717) is 22.8 Å². The molecule has 13 heteroatoms. The van der Waals surface area contributed by atoms with Crippen LogP contribution in [0.1, 0.15) is 78.6 Å². The van der Waals surface area contributed by atoms with Crippen LogP contribution in [-0.2, 0) is 32.6 Å². The van der Waals surface area contributed by atoms with E-state index < -0.39 is 64.6 Å². The third kappa shape index (κ3) is 9.16. The molecule has 3 rings (SSSR count). The van der Waals surface area contributed by atoms with Gasteiger partial charge in [-0.3, -0.25) is 14.4 Å². The maximum Gasteiger partial charge on any atom is 0.416 e. The monoisotopic (exact) mass is 707 g/mol. The van der Waals surface area contributed by atoms with E-state index in [9.17, 15) is 32.7 Å². The van der Waals surface area contributed by atoms with E-state index in [1.54, 1.807) is 58.8 Å². The summed E-state index contributed by atoms with van der Waals surface area (Å²) in [4.78, 5) is 41.9. The smallest absolute Gasteiger partial charge is 0.416 e. The minimum atomic E-state index is -4.86. The van der Waals surface area contributed by atoms with Crippen LogP contribution in [0.25, 0.3) is 11.1 Å². The van der Waals surface area contributed by atoms with Crippen LogP contribution in [0.5, 0.6) is 0 Å². The lowest BCUT2D eigenvalue weighted by Crippen LogP contribution is -2.52. The first kappa shape index (κ1) is 40.3. The molecule has 2 atom stereocenters. The maximum atomic E-state index is 16.7. The fourth-order valence-electron chi connectivity index (χ4n) is 6.26. The molecule has 1 heterocycles. The average Bonchev–Trinajstić information content (AvgIpc) is 2.96. The molecular formula is C37H46F5N3O5. The van der Waals surface area contributed by atoms with Gasteiger partial charge in [0, 0.05) is 24.4 Å². The molecule has 1 aromatic heterocycles. The lowest BCUT2D eigenvalue weighted by molar-refractivity contribution is -0.153. The number of nitrogens with zero attached hydrogens (tertiary/aromatic N) is 2. The van der Waals surface area contributed by atoms with Gasteiger partial charge in [0.25, 0.3) is 5.56 Å². The third-order valence-electron chi connectivity index (χ3n) is 8.41. The van der Waals surface area contributed by atoms with E-state index >= 15 is 8.78 Å². The number of carbonyl (C=O) groups excluding carboxylic acids is 2. The quantitative estimate of drug-likeness (QED) is 0.117. The van der Waals surface area contributed by atoms with Crippen LogP contribution in [0.4, 0.5) is 22.0 Å². The fraction of sp³-hybridized carbons (Fsp3) is 0.486. The summed E-state index contributed by atoms with van der Waals surface area (Å²) in [6, 6.07) is 3.74. The summed E-state index contributed by atoms with van der Waals surface area (Å²) in [6.45, 7) is 11.6. The van der Waals surface area contributed by atoms with Gasteiger partial charge in [0.1, 0.15) is 17.7 Å². The van der Waals surface area contributed by atoms with Gasteiger partial charge in [-0.1, -0.05) is 31.5 Å². The molecule has 8 nitrogen and oxygen atoms in total. The van der Waals surface area contributed by atoms with Crippen molar-refractivity contribution >= 4 is 11.9 Å². The highest BCUT2D eigenvalue weighted by Gasteiger charge is 2.43. The highest BCUT2D eigenvalue weighted by molar-refractivity contribution is 5.83. The molecule has 2 aromatic carbocycles. The van der Waals surface area contributed by atoms with Gasteiger partial charge in [0.15, 0.2) is 5.72 Å². The van der Waals surface area contributed by atoms with Gasteiger partial charge < -0.3 is 24.6 Å². The summed E-state index contributed by atoms with van der Waals surface area (Å²) in [5.74, 6) is -5.06. The molecule has 0 aliphatic carbocycles. The van der Waals surface area contributed by atoms with E-state index in [1.807, 2.05) is 6.92 Å². The summed E-state index contributed by atoms with van der Waals surface area (Å²) >= 11 is 0. The molecule has 274 valence electrons. The zero-order chi connectivity index (χ0) is 37.9. The van der Waals surface area contributed by atoms with Crippen LogP contribution in [0.2, 0.25) is 0 Å². The van der Waals surface area contributed by atoms with Crippen molar-refractivity contribution in [1.82, 2.24) is 14.8 Å². The Morgan fingerprint density at radius 1 is 0.980 bits per heavy atom. The zero-order valence-electron chi connectivity index (χ0n) is 29.9. The SMILES string of the molecule is CCOC(=O)C[C@](O)(NC(=O)C(CC(C)C)n1cc(CCN(C)C)c(C(F)(F)F)cc1=O)c1c(F)c(C)cc(-c2c(C)cc(C)cc2C)c1F. The van der Waals surface area contributed by atoms with Gasteiger partial charge in [0.05, 0.1) is 24.2 Å². The number of nitrogens with one attached hydrogen (secondary N) is 1. The summed E-state index contributed by atoms with van der Waals surface area (Å²) < 4.78 is 80.6. The number of rotatable bonds is 13. The molecule has 0 saturated heterocycles. The second-order valence-corrected chi connectivity index (χ2v) is 13.5. The molecule has 0 aliphatic heterocycles. The Morgan fingerprint density at radius 2 is 1.58 bits per heavy atom. The van der Waals surface area contributed by atoms with Crippen LogP contribution < -0.4 is 10.9 Å². The predicted octanol–water partition coefficient (Wildman–Crippen LogP) is 6.65. The Labute approximate surface area is 289 Å². The standard InChI is InChI=1S/C37H46F5N3O5/c1-10-50-30(47)18-36(49,32-33(38)24(7)16-26(34(32)39)31-22(5)14-21(4)15-23(31)6)43-35(48)28(13-20(2)3)45-19-25(11-12-44(8)9)27(17-29(45)46)37(40,41)42/h14-17,19-20,28,49H,10-13,18H2,1-9H3,(H,43,48)/t28?,36-/m1/s1. The van der Waals surface area contributed by atoms with E-state index in [1.165, 1.54) is 19.9 Å². The number of halogens is 5. The number of carbonyl (C=O) groups is 2.